The van der Waals surface area contributed by atoms with Crippen molar-refractivity contribution in [1.29, 1.82) is 0 Å². The van der Waals surface area contributed by atoms with Crippen LogP contribution in [0.5, 0.6) is 0 Å². The first kappa shape index (κ1) is 15.8. The predicted molar refractivity (Wildman–Crippen MR) is 88.7 cm³/mol. The highest BCUT2D eigenvalue weighted by Crippen LogP contribution is 2.67. The van der Waals surface area contributed by atoms with Crippen LogP contribution in [-0.4, -0.2) is 27.7 Å². The first-order valence-electron chi connectivity index (χ1n) is 9.33. The van der Waals surface area contributed by atoms with Crippen LogP contribution in [0.1, 0.15) is 65.7 Å². The molecule has 4 rings (SSSR count). The Bertz CT molecular complexity index is 577. The highest BCUT2D eigenvalue weighted by Gasteiger charge is 2.64. The monoisotopic (exact) mass is 318 g/mol. The molecule has 3 fully saturated rings. The fraction of sp³-hybridized carbons (Fsp3) is 0.850. The van der Waals surface area contributed by atoms with E-state index in [0.29, 0.717) is 24.7 Å². The molecule has 4 aliphatic rings. The zero-order valence-corrected chi connectivity index (χ0v) is 14.6. The minimum Gasteiger partial charge on any atom is -0.393 e. The molecular formula is C20H30O3. The second-order valence-corrected chi connectivity index (χ2v) is 9.39. The summed E-state index contributed by atoms with van der Waals surface area (Å²) in [4.78, 5) is 11.8. The topological polar surface area (TPSA) is 57.5 Å². The average molecular weight is 318 g/mol. The Morgan fingerprint density at radius 2 is 1.87 bits per heavy atom. The van der Waals surface area contributed by atoms with Crippen molar-refractivity contribution >= 4 is 5.78 Å². The second-order valence-electron chi connectivity index (χ2n) is 9.39. The number of hydrogen-bond donors (Lipinski definition) is 2. The van der Waals surface area contributed by atoms with Gasteiger partial charge in [0.25, 0.3) is 0 Å². The molecule has 128 valence electrons. The van der Waals surface area contributed by atoms with Crippen molar-refractivity contribution in [1.82, 2.24) is 0 Å². The summed E-state index contributed by atoms with van der Waals surface area (Å²) >= 11 is 0. The summed E-state index contributed by atoms with van der Waals surface area (Å²) in [5.41, 5.74) is 0.424. The largest absolute Gasteiger partial charge is 0.393 e. The zero-order chi connectivity index (χ0) is 16.6. The van der Waals surface area contributed by atoms with E-state index in [1.807, 2.05) is 13.0 Å². The molecule has 23 heavy (non-hydrogen) atoms. The number of allylic oxidation sites excluding steroid dienone is 1. The average Bonchev–Trinajstić information content (AvgIpc) is 2.69. The summed E-state index contributed by atoms with van der Waals surface area (Å²) in [6.07, 6.45) is 7.69. The molecule has 0 aromatic carbocycles. The molecule has 4 aliphatic carbocycles. The van der Waals surface area contributed by atoms with E-state index < -0.39 is 5.60 Å². The quantitative estimate of drug-likeness (QED) is 0.721. The van der Waals surface area contributed by atoms with Crippen molar-refractivity contribution in [2.75, 3.05) is 0 Å². The molecule has 3 heteroatoms. The molecule has 0 spiro atoms. The first-order valence-corrected chi connectivity index (χ1v) is 9.33. The minimum atomic E-state index is -0.664. The number of hydrogen-bond acceptors (Lipinski definition) is 3. The van der Waals surface area contributed by atoms with Gasteiger partial charge in [0.05, 0.1) is 11.7 Å². The number of ketones is 1. The van der Waals surface area contributed by atoms with Crippen LogP contribution in [0.3, 0.4) is 0 Å². The van der Waals surface area contributed by atoms with E-state index in [-0.39, 0.29) is 28.6 Å². The van der Waals surface area contributed by atoms with Crippen molar-refractivity contribution in [3.8, 4) is 0 Å². The molecular weight excluding hydrogens is 288 g/mol. The van der Waals surface area contributed by atoms with Crippen LogP contribution < -0.4 is 0 Å². The predicted octanol–water partition coefficient (Wildman–Crippen LogP) is 3.24. The van der Waals surface area contributed by atoms with Gasteiger partial charge in [-0.1, -0.05) is 19.4 Å². The number of aliphatic hydroxyl groups is 2. The number of carbonyl (C=O) groups is 1. The zero-order valence-electron chi connectivity index (χ0n) is 14.6. The Kier molecular flexibility index (Phi) is 3.23. The molecule has 0 radical (unpaired) electrons. The van der Waals surface area contributed by atoms with Gasteiger partial charge in [-0.15, -0.1) is 0 Å². The minimum absolute atomic E-state index is 0.0218. The molecule has 0 heterocycles. The summed E-state index contributed by atoms with van der Waals surface area (Å²) in [6.45, 7) is 6.44. The van der Waals surface area contributed by atoms with E-state index in [9.17, 15) is 15.0 Å². The van der Waals surface area contributed by atoms with Crippen LogP contribution in [0.25, 0.3) is 0 Å². The van der Waals surface area contributed by atoms with Gasteiger partial charge in [0, 0.05) is 11.8 Å². The Hall–Kier alpha value is -0.670. The van der Waals surface area contributed by atoms with E-state index in [1.54, 1.807) is 0 Å². The van der Waals surface area contributed by atoms with E-state index >= 15 is 0 Å². The summed E-state index contributed by atoms with van der Waals surface area (Å²) in [6, 6.07) is 0. The lowest BCUT2D eigenvalue weighted by molar-refractivity contribution is -0.166. The van der Waals surface area contributed by atoms with Gasteiger partial charge in [-0.25, -0.2) is 0 Å². The van der Waals surface area contributed by atoms with Gasteiger partial charge in [0.15, 0.2) is 5.78 Å². The highest BCUT2D eigenvalue weighted by atomic mass is 16.3. The lowest BCUT2D eigenvalue weighted by Crippen LogP contribution is -2.59. The summed E-state index contributed by atoms with van der Waals surface area (Å²) in [5.74, 6) is 1.49. The lowest BCUT2D eigenvalue weighted by atomic mass is 9.45. The third-order valence-electron chi connectivity index (χ3n) is 8.46. The summed E-state index contributed by atoms with van der Waals surface area (Å²) < 4.78 is 0. The van der Waals surface area contributed by atoms with Gasteiger partial charge >= 0.3 is 0 Å². The molecule has 7 atom stereocenters. The number of rotatable bonds is 0. The number of carbonyl (C=O) groups excluding carboxylic acids is 1. The maximum absolute atomic E-state index is 11.8. The number of fused-ring (bicyclic) bond motifs is 5. The van der Waals surface area contributed by atoms with E-state index in [4.69, 9.17) is 0 Å². The van der Waals surface area contributed by atoms with Crippen molar-refractivity contribution in [3.63, 3.8) is 0 Å². The van der Waals surface area contributed by atoms with Crippen LogP contribution in [0.2, 0.25) is 0 Å². The maximum atomic E-state index is 11.8. The Labute approximate surface area is 139 Å². The maximum Gasteiger partial charge on any atom is 0.155 e. The van der Waals surface area contributed by atoms with Crippen LogP contribution in [0.4, 0.5) is 0 Å². The molecule has 0 amide bonds. The van der Waals surface area contributed by atoms with E-state index in [2.05, 4.69) is 13.8 Å². The molecule has 0 aromatic rings. The second kappa shape index (κ2) is 4.70. The van der Waals surface area contributed by atoms with Gasteiger partial charge in [0.1, 0.15) is 0 Å². The van der Waals surface area contributed by atoms with Crippen molar-refractivity contribution < 1.29 is 15.0 Å². The van der Waals surface area contributed by atoms with Gasteiger partial charge < -0.3 is 10.2 Å². The van der Waals surface area contributed by atoms with Crippen LogP contribution >= 0.6 is 0 Å². The molecule has 0 bridgehead atoms. The molecule has 0 saturated heterocycles. The lowest BCUT2D eigenvalue weighted by Gasteiger charge is -2.60. The fourth-order valence-corrected chi connectivity index (χ4v) is 6.91. The molecule has 0 aromatic heterocycles. The summed E-state index contributed by atoms with van der Waals surface area (Å²) in [7, 11) is 0. The molecule has 5 unspecified atom stereocenters. The summed E-state index contributed by atoms with van der Waals surface area (Å²) in [5, 5.41) is 22.0. The van der Waals surface area contributed by atoms with Crippen LogP contribution in [0, 0.1) is 28.6 Å². The third-order valence-corrected chi connectivity index (χ3v) is 8.46. The van der Waals surface area contributed by atoms with Crippen molar-refractivity contribution in [3.05, 3.63) is 11.6 Å². The first-order chi connectivity index (χ1) is 10.7. The van der Waals surface area contributed by atoms with Crippen LogP contribution in [0.15, 0.2) is 11.6 Å². The SMILES string of the molecule is CC12CCC(=O)C=C1CCC1C2[C@H](O)CC2(C)C1CC[C@]2(C)O. The third kappa shape index (κ3) is 1.93. The van der Waals surface area contributed by atoms with Crippen molar-refractivity contribution in [2.24, 2.45) is 28.6 Å². The van der Waals surface area contributed by atoms with Gasteiger partial charge in [-0.2, -0.15) is 0 Å². The van der Waals surface area contributed by atoms with Gasteiger partial charge in [-0.05, 0) is 74.7 Å². The Balaban J connectivity index is 1.75. The highest BCUT2D eigenvalue weighted by molar-refractivity contribution is 5.91. The fourth-order valence-electron chi connectivity index (χ4n) is 6.91. The Morgan fingerprint density at radius 3 is 2.61 bits per heavy atom. The molecule has 3 nitrogen and oxygen atoms in total. The van der Waals surface area contributed by atoms with Gasteiger partial charge in [0.2, 0.25) is 0 Å². The van der Waals surface area contributed by atoms with Crippen molar-refractivity contribution in [2.45, 2.75) is 77.4 Å². The molecule has 2 N–H and O–H groups in total. The Morgan fingerprint density at radius 1 is 1.13 bits per heavy atom. The standard InChI is InChI=1S/C20H30O3/c1-18-8-6-13(21)10-12(18)4-5-14-15-7-9-20(3,23)19(15,2)11-16(22)17(14)18/h10,14-17,22-23H,4-9,11H2,1-3H3/t14?,15?,16-,17?,18?,19?,20+/m1/s1. The van der Waals surface area contributed by atoms with E-state index in [1.165, 1.54) is 5.57 Å². The molecule has 3 saturated carbocycles. The smallest absolute Gasteiger partial charge is 0.155 e. The normalized spacial score (nSPS) is 55.7. The van der Waals surface area contributed by atoms with Gasteiger partial charge in [-0.3, -0.25) is 4.79 Å². The van der Waals surface area contributed by atoms with Crippen LogP contribution in [-0.2, 0) is 4.79 Å². The number of aliphatic hydroxyl groups excluding tert-OH is 1. The van der Waals surface area contributed by atoms with E-state index in [0.717, 1.165) is 32.1 Å². The molecule has 0 aliphatic heterocycles.